The first-order valence-corrected chi connectivity index (χ1v) is 7.60. The lowest BCUT2D eigenvalue weighted by molar-refractivity contribution is 0.215. The first-order valence-electron chi connectivity index (χ1n) is 7.60. The predicted molar refractivity (Wildman–Crippen MR) is 76.4 cm³/mol. The van der Waals surface area contributed by atoms with Crippen molar-refractivity contribution in [1.29, 1.82) is 0 Å². The Labute approximate surface area is 115 Å². The van der Waals surface area contributed by atoms with Crippen LogP contribution in [0.3, 0.4) is 0 Å². The van der Waals surface area contributed by atoms with E-state index in [1.54, 1.807) is 12.3 Å². The van der Waals surface area contributed by atoms with Gasteiger partial charge in [0.2, 0.25) is 0 Å². The lowest BCUT2D eigenvalue weighted by atomic mass is 9.76. The number of aromatic nitrogens is 1. The zero-order valence-electron chi connectivity index (χ0n) is 12.0. The molecule has 106 valence electrons. The molecule has 0 spiro atoms. The van der Waals surface area contributed by atoms with Gasteiger partial charge in [0.05, 0.1) is 11.7 Å². The Balaban J connectivity index is 2.10. The van der Waals surface area contributed by atoms with Crippen molar-refractivity contribution < 1.29 is 4.39 Å². The first kappa shape index (κ1) is 14.4. The summed E-state index contributed by atoms with van der Waals surface area (Å²) in [6, 6.07) is 3.25. The van der Waals surface area contributed by atoms with Gasteiger partial charge < -0.3 is 5.32 Å². The third-order valence-corrected chi connectivity index (χ3v) is 4.45. The van der Waals surface area contributed by atoms with Crippen molar-refractivity contribution in [1.82, 2.24) is 10.3 Å². The largest absolute Gasteiger partial charge is 0.309 e. The molecule has 1 saturated carbocycles. The molecule has 0 aliphatic heterocycles. The fraction of sp³-hybridized carbons (Fsp3) is 0.688. The maximum absolute atomic E-state index is 14.0. The Morgan fingerprint density at radius 2 is 2.05 bits per heavy atom. The summed E-state index contributed by atoms with van der Waals surface area (Å²) in [6.07, 6.45) is 7.89. The van der Waals surface area contributed by atoms with Gasteiger partial charge in [-0.25, -0.2) is 4.39 Å². The van der Waals surface area contributed by atoms with Crippen LogP contribution in [0.2, 0.25) is 0 Å². The molecule has 1 aliphatic rings. The molecular weight excluding hydrogens is 239 g/mol. The minimum Gasteiger partial charge on any atom is -0.309 e. The Kier molecular flexibility index (Phi) is 5.32. The van der Waals surface area contributed by atoms with Gasteiger partial charge in [-0.3, -0.25) is 4.98 Å². The van der Waals surface area contributed by atoms with Gasteiger partial charge in [-0.1, -0.05) is 33.1 Å². The molecule has 0 aromatic carbocycles. The fourth-order valence-electron chi connectivity index (χ4n) is 3.26. The zero-order valence-corrected chi connectivity index (χ0v) is 12.0. The summed E-state index contributed by atoms with van der Waals surface area (Å²) >= 11 is 0. The van der Waals surface area contributed by atoms with Crippen LogP contribution in [0.1, 0.15) is 57.7 Å². The van der Waals surface area contributed by atoms with Gasteiger partial charge in [0.15, 0.2) is 0 Å². The van der Waals surface area contributed by atoms with E-state index >= 15 is 0 Å². The number of halogens is 1. The van der Waals surface area contributed by atoms with Gasteiger partial charge in [-0.05, 0) is 43.4 Å². The second-order valence-electron chi connectivity index (χ2n) is 5.59. The van der Waals surface area contributed by atoms with E-state index in [0.29, 0.717) is 11.6 Å². The summed E-state index contributed by atoms with van der Waals surface area (Å²) in [4.78, 5) is 4.27. The molecule has 0 saturated heterocycles. The maximum Gasteiger partial charge on any atom is 0.146 e. The van der Waals surface area contributed by atoms with Crippen molar-refractivity contribution in [2.45, 2.75) is 52.0 Å². The van der Waals surface area contributed by atoms with Gasteiger partial charge in [0.25, 0.3) is 0 Å². The molecule has 1 aromatic heterocycles. The van der Waals surface area contributed by atoms with Crippen molar-refractivity contribution in [2.24, 2.45) is 11.8 Å². The molecule has 2 rings (SSSR count). The fourth-order valence-corrected chi connectivity index (χ4v) is 3.26. The molecule has 1 unspecified atom stereocenters. The molecule has 1 fully saturated rings. The minimum absolute atomic E-state index is 0.0732. The number of hydrogen-bond acceptors (Lipinski definition) is 2. The average molecular weight is 264 g/mol. The van der Waals surface area contributed by atoms with E-state index in [0.717, 1.165) is 12.5 Å². The summed E-state index contributed by atoms with van der Waals surface area (Å²) in [7, 11) is 0. The topological polar surface area (TPSA) is 24.9 Å². The van der Waals surface area contributed by atoms with Crippen molar-refractivity contribution in [3.63, 3.8) is 0 Å². The summed E-state index contributed by atoms with van der Waals surface area (Å²) in [6.45, 7) is 5.20. The Bertz CT molecular complexity index is 386. The third kappa shape index (κ3) is 3.53. The smallest absolute Gasteiger partial charge is 0.146 e. The Morgan fingerprint density at radius 3 is 2.63 bits per heavy atom. The second kappa shape index (κ2) is 6.99. The molecule has 0 amide bonds. The quantitative estimate of drug-likeness (QED) is 0.866. The highest BCUT2D eigenvalue weighted by molar-refractivity contribution is 5.13. The van der Waals surface area contributed by atoms with E-state index in [4.69, 9.17) is 0 Å². The molecular formula is C16H25FN2. The van der Waals surface area contributed by atoms with Crippen LogP contribution in [0.5, 0.6) is 0 Å². The van der Waals surface area contributed by atoms with Crippen LogP contribution >= 0.6 is 0 Å². The normalized spacial score (nSPS) is 25.2. The molecule has 1 aliphatic carbocycles. The second-order valence-corrected chi connectivity index (χ2v) is 5.59. The van der Waals surface area contributed by atoms with Gasteiger partial charge in [-0.2, -0.15) is 0 Å². The van der Waals surface area contributed by atoms with Crippen LogP contribution in [0.15, 0.2) is 18.3 Å². The lowest BCUT2D eigenvalue weighted by Crippen LogP contribution is -2.32. The van der Waals surface area contributed by atoms with E-state index in [2.05, 4.69) is 24.1 Å². The van der Waals surface area contributed by atoms with Gasteiger partial charge in [0.1, 0.15) is 5.82 Å². The van der Waals surface area contributed by atoms with Crippen LogP contribution < -0.4 is 5.32 Å². The van der Waals surface area contributed by atoms with Gasteiger partial charge in [-0.15, -0.1) is 0 Å². The monoisotopic (exact) mass is 264 g/mol. The van der Waals surface area contributed by atoms with Crippen molar-refractivity contribution in [3.8, 4) is 0 Å². The molecule has 1 heterocycles. The molecule has 0 radical (unpaired) electrons. The number of hydrogen-bond donors (Lipinski definition) is 1. The highest BCUT2D eigenvalue weighted by Gasteiger charge is 2.29. The molecule has 1 atom stereocenters. The number of nitrogens with one attached hydrogen (secondary N) is 1. The zero-order chi connectivity index (χ0) is 13.7. The molecule has 19 heavy (non-hydrogen) atoms. The average Bonchev–Trinajstić information content (AvgIpc) is 2.46. The molecule has 2 nitrogen and oxygen atoms in total. The highest BCUT2D eigenvalue weighted by Crippen LogP contribution is 2.37. The van der Waals surface area contributed by atoms with Crippen LogP contribution in [-0.4, -0.2) is 11.5 Å². The molecule has 0 bridgehead atoms. The van der Waals surface area contributed by atoms with Crippen LogP contribution in [0, 0.1) is 17.7 Å². The van der Waals surface area contributed by atoms with Crippen LogP contribution in [0.4, 0.5) is 4.39 Å². The van der Waals surface area contributed by atoms with E-state index in [-0.39, 0.29) is 11.9 Å². The van der Waals surface area contributed by atoms with Gasteiger partial charge in [0, 0.05) is 6.20 Å². The Hall–Kier alpha value is -0.960. The van der Waals surface area contributed by atoms with Crippen molar-refractivity contribution in [2.75, 3.05) is 6.54 Å². The predicted octanol–water partition coefficient (Wildman–Crippen LogP) is 4.09. The molecule has 3 heteroatoms. The van der Waals surface area contributed by atoms with Gasteiger partial charge >= 0.3 is 0 Å². The number of pyridine rings is 1. The summed E-state index contributed by atoms with van der Waals surface area (Å²) in [5, 5.41) is 3.44. The van der Waals surface area contributed by atoms with Crippen LogP contribution in [-0.2, 0) is 0 Å². The van der Waals surface area contributed by atoms with E-state index in [1.807, 2.05) is 0 Å². The summed E-state index contributed by atoms with van der Waals surface area (Å²) < 4.78 is 14.0. The highest BCUT2D eigenvalue weighted by atomic mass is 19.1. The number of nitrogens with zero attached hydrogens (tertiary/aromatic N) is 1. The van der Waals surface area contributed by atoms with Crippen molar-refractivity contribution in [3.05, 3.63) is 29.8 Å². The SMILES string of the molecule is CCNC(c1ncccc1F)C1CCC(CC)CC1. The maximum atomic E-state index is 14.0. The van der Waals surface area contributed by atoms with E-state index in [9.17, 15) is 4.39 Å². The van der Waals surface area contributed by atoms with E-state index < -0.39 is 0 Å². The summed E-state index contributed by atoms with van der Waals surface area (Å²) in [5.74, 6) is 1.21. The standard InChI is InChI=1S/C16H25FN2/c1-3-12-7-9-13(10-8-12)15(18-4-2)16-14(17)6-5-11-19-16/h5-6,11-13,15,18H,3-4,7-10H2,1-2H3. The van der Waals surface area contributed by atoms with E-state index in [1.165, 1.54) is 38.2 Å². The molecule has 1 aromatic rings. The van der Waals surface area contributed by atoms with Crippen molar-refractivity contribution >= 4 is 0 Å². The first-order chi connectivity index (χ1) is 9.26. The third-order valence-electron chi connectivity index (χ3n) is 4.45. The minimum atomic E-state index is -0.175. The summed E-state index contributed by atoms with van der Waals surface area (Å²) in [5.41, 5.74) is 0.601. The number of rotatable bonds is 5. The molecule has 1 N–H and O–H groups in total. The van der Waals surface area contributed by atoms with Crippen LogP contribution in [0.25, 0.3) is 0 Å². The lowest BCUT2D eigenvalue weighted by Gasteiger charge is -2.33. The Morgan fingerprint density at radius 1 is 1.32 bits per heavy atom.